The summed E-state index contributed by atoms with van der Waals surface area (Å²) in [5, 5.41) is 13.9. The monoisotopic (exact) mass is 269 g/mol. The molecule has 0 saturated carbocycles. The van der Waals surface area contributed by atoms with Crippen LogP contribution < -0.4 is 5.43 Å². The van der Waals surface area contributed by atoms with Crippen LogP contribution in [0.5, 0.6) is 5.75 Å². The lowest BCUT2D eigenvalue weighted by atomic mass is 10.1. The fourth-order valence-electron chi connectivity index (χ4n) is 1.72. The lowest BCUT2D eigenvalue weighted by Gasteiger charge is -2.06. The van der Waals surface area contributed by atoms with Crippen LogP contribution in [0.4, 0.5) is 0 Å². The number of rotatable bonds is 4. The SMILES string of the molecule is CC/C(=N\NC(=O)c1ccccn1)c1ccccc1O. The Hall–Kier alpha value is -2.69. The van der Waals surface area contributed by atoms with Crippen molar-refractivity contribution in [1.29, 1.82) is 0 Å². The van der Waals surface area contributed by atoms with E-state index in [-0.39, 0.29) is 11.7 Å². The number of aromatic nitrogens is 1. The maximum atomic E-state index is 11.8. The highest BCUT2D eigenvalue weighted by Crippen LogP contribution is 2.17. The van der Waals surface area contributed by atoms with Crippen molar-refractivity contribution in [2.45, 2.75) is 13.3 Å². The first-order valence-electron chi connectivity index (χ1n) is 6.28. The van der Waals surface area contributed by atoms with Crippen molar-refractivity contribution in [3.63, 3.8) is 0 Å². The number of nitrogens with one attached hydrogen (secondary N) is 1. The molecule has 5 nitrogen and oxygen atoms in total. The summed E-state index contributed by atoms with van der Waals surface area (Å²) in [5.41, 5.74) is 3.96. The van der Waals surface area contributed by atoms with Crippen LogP contribution in [0.3, 0.4) is 0 Å². The molecule has 1 aromatic carbocycles. The number of carbonyl (C=O) groups is 1. The quantitative estimate of drug-likeness (QED) is 0.660. The van der Waals surface area contributed by atoms with Gasteiger partial charge in [-0.25, -0.2) is 5.43 Å². The zero-order valence-electron chi connectivity index (χ0n) is 11.1. The lowest BCUT2D eigenvalue weighted by Crippen LogP contribution is -2.21. The maximum absolute atomic E-state index is 11.8. The van der Waals surface area contributed by atoms with Crippen LogP contribution in [0.1, 0.15) is 29.4 Å². The van der Waals surface area contributed by atoms with Gasteiger partial charge in [0.25, 0.3) is 5.91 Å². The fraction of sp³-hybridized carbons (Fsp3) is 0.133. The first-order valence-corrected chi connectivity index (χ1v) is 6.28. The number of amides is 1. The Morgan fingerprint density at radius 1 is 1.25 bits per heavy atom. The van der Waals surface area contributed by atoms with Gasteiger partial charge in [-0.3, -0.25) is 9.78 Å². The molecule has 2 rings (SSSR count). The molecule has 2 N–H and O–H groups in total. The van der Waals surface area contributed by atoms with Gasteiger partial charge in [0.05, 0.1) is 5.71 Å². The number of hydrogen-bond donors (Lipinski definition) is 2. The average molecular weight is 269 g/mol. The Balaban J connectivity index is 2.17. The number of phenols is 1. The van der Waals surface area contributed by atoms with Crippen LogP contribution in [0.2, 0.25) is 0 Å². The number of para-hydroxylation sites is 1. The van der Waals surface area contributed by atoms with Gasteiger partial charge < -0.3 is 5.11 Å². The number of aromatic hydroxyl groups is 1. The van der Waals surface area contributed by atoms with Gasteiger partial charge in [0, 0.05) is 11.8 Å². The van der Waals surface area contributed by atoms with E-state index in [9.17, 15) is 9.90 Å². The molecule has 0 aliphatic carbocycles. The number of pyridine rings is 1. The molecule has 1 amide bonds. The number of benzene rings is 1. The molecule has 0 fully saturated rings. The third-order valence-corrected chi connectivity index (χ3v) is 2.74. The number of phenolic OH excluding ortho intramolecular Hbond substituents is 1. The van der Waals surface area contributed by atoms with E-state index in [1.807, 2.05) is 6.92 Å². The van der Waals surface area contributed by atoms with E-state index in [1.54, 1.807) is 48.7 Å². The molecule has 5 heteroatoms. The highest BCUT2D eigenvalue weighted by molar-refractivity contribution is 6.03. The normalized spacial score (nSPS) is 11.2. The van der Waals surface area contributed by atoms with E-state index in [2.05, 4.69) is 15.5 Å². The van der Waals surface area contributed by atoms with Crippen LogP contribution in [0.15, 0.2) is 53.8 Å². The molecule has 0 spiro atoms. The molecule has 1 heterocycles. The zero-order valence-corrected chi connectivity index (χ0v) is 11.1. The molecule has 0 unspecified atom stereocenters. The minimum Gasteiger partial charge on any atom is -0.507 e. The van der Waals surface area contributed by atoms with Crippen molar-refractivity contribution in [2.24, 2.45) is 5.10 Å². The molecular weight excluding hydrogens is 254 g/mol. The van der Waals surface area contributed by atoms with Gasteiger partial charge in [0.1, 0.15) is 11.4 Å². The van der Waals surface area contributed by atoms with Gasteiger partial charge in [0.2, 0.25) is 0 Å². The number of hydrogen-bond acceptors (Lipinski definition) is 4. The molecule has 1 aromatic heterocycles. The summed E-state index contributed by atoms with van der Waals surface area (Å²) in [6.07, 6.45) is 2.13. The largest absolute Gasteiger partial charge is 0.507 e. The Morgan fingerprint density at radius 2 is 2.00 bits per heavy atom. The minimum atomic E-state index is -0.382. The second kappa shape index (κ2) is 6.47. The topological polar surface area (TPSA) is 74.6 Å². The summed E-state index contributed by atoms with van der Waals surface area (Å²) < 4.78 is 0. The maximum Gasteiger partial charge on any atom is 0.289 e. The van der Waals surface area contributed by atoms with E-state index < -0.39 is 0 Å². The Bertz CT molecular complexity index is 624. The van der Waals surface area contributed by atoms with Crippen molar-refractivity contribution < 1.29 is 9.90 Å². The molecule has 20 heavy (non-hydrogen) atoms. The standard InChI is InChI=1S/C15H15N3O2/c1-2-12(11-7-3-4-9-14(11)19)17-18-15(20)13-8-5-6-10-16-13/h3-10,19H,2H2,1H3,(H,18,20)/b17-12+. The van der Waals surface area contributed by atoms with Gasteiger partial charge in [-0.2, -0.15) is 5.10 Å². The van der Waals surface area contributed by atoms with E-state index >= 15 is 0 Å². The first-order chi connectivity index (χ1) is 9.72. The summed E-state index contributed by atoms with van der Waals surface area (Å²) >= 11 is 0. The highest BCUT2D eigenvalue weighted by Gasteiger charge is 2.09. The van der Waals surface area contributed by atoms with Crippen molar-refractivity contribution in [3.8, 4) is 5.75 Å². The van der Waals surface area contributed by atoms with Crippen LogP contribution in [0, 0.1) is 0 Å². The molecule has 0 bridgehead atoms. The number of carbonyl (C=O) groups excluding carboxylic acids is 1. The summed E-state index contributed by atoms with van der Waals surface area (Å²) in [7, 11) is 0. The number of hydrazone groups is 1. The molecule has 0 aliphatic rings. The molecule has 0 aliphatic heterocycles. The van der Waals surface area contributed by atoms with Gasteiger partial charge in [-0.1, -0.05) is 25.1 Å². The van der Waals surface area contributed by atoms with Gasteiger partial charge in [-0.05, 0) is 30.7 Å². The molecule has 0 radical (unpaired) electrons. The Kier molecular flexibility index (Phi) is 4.44. The molecular formula is C15H15N3O2. The summed E-state index contributed by atoms with van der Waals surface area (Å²) in [5.74, 6) is -0.243. The predicted molar refractivity (Wildman–Crippen MR) is 76.6 cm³/mol. The van der Waals surface area contributed by atoms with Crippen LogP contribution in [-0.4, -0.2) is 21.7 Å². The summed E-state index contributed by atoms with van der Waals surface area (Å²) in [4.78, 5) is 15.8. The third-order valence-electron chi connectivity index (χ3n) is 2.74. The van der Waals surface area contributed by atoms with Crippen molar-refractivity contribution >= 4 is 11.6 Å². The smallest absolute Gasteiger partial charge is 0.289 e. The lowest BCUT2D eigenvalue weighted by molar-refractivity contribution is 0.0950. The Labute approximate surface area is 117 Å². The second-order valence-electron chi connectivity index (χ2n) is 4.09. The minimum absolute atomic E-state index is 0.139. The molecule has 2 aromatic rings. The fourth-order valence-corrected chi connectivity index (χ4v) is 1.72. The average Bonchev–Trinajstić information content (AvgIpc) is 2.50. The highest BCUT2D eigenvalue weighted by atomic mass is 16.3. The molecule has 0 atom stereocenters. The zero-order chi connectivity index (χ0) is 14.4. The second-order valence-corrected chi connectivity index (χ2v) is 4.09. The van der Waals surface area contributed by atoms with E-state index in [1.165, 1.54) is 0 Å². The summed E-state index contributed by atoms with van der Waals surface area (Å²) in [6, 6.07) is 12.0. The summed E-state index contributed by atoms with van der Waals surface area (Å²) in [6.45, 7) is 1.90. The van der Waals surface area contributed by atoms with Gasteiger partial charge in [0.15, 0.2) is 0 Å². The van der Waals surface area contributed by atoms with Gasteiger partial charge in [-0.15, -0.1) is 0 Å². The molecule has 102 valence electrons. The number of nitrogens with zero attached hydrogens (tertiary/aromatic N) is 2. The first kappa shape index (κ1) is 13.7. The van der Waals surface area contributed by atoms with Crippen molar-refractivity contribution in [1.82, 2.24) is 10.4 Å². The van der Waals surface area contributed by atoms with E-state index in [0.29, 0.717) is 23.4 Å². The van der Waals surface area contributed by atoms with Crippen molar-refractivity contribution in [3.05, 3.63) is 59.9 Å². The van der Waals surface area contributed by atoms with E-state index in [4.69, 9.17) is 0 Å². The van der Waals surface area contributed by atoms with Crippen LogP contribution in [0.25, 0.3) is 0 Å². The van der Waals surface area contributed by atoms with Crippen LogP contribution in [-0.2, 0) is 0 Å². The van der Waals surface area contributed by atoms with E-state index in [0.717, 1.165) is 0 Å². The predicted octanol–water partition coefficient (Wildman–Crippen LogP) is 2.33. The van der Waals surface area contributed by atoms with Crippen LogP contribution >= 0.6 is 0 Å². The van der Waals surface area contributed by atoms with Crippen molar-refractivity contribution in [2.75, 3.05) is 0 Å². The third kappa shape index (κ3) is 3.20. The molecule has 0 saturated heterocycles. The van der Waals surface area contributed by atoms with Gasteiger partial charge >= 0.3 is 0 Å². The Morgan fingerprint density at radius 3 is 2.65 bits per heavy atom.